The Bertz CT molecular complexity index is 1420. The fourth-order valence-corrected chi connectivity index (χ4v) is 5.37. The summed E-state index contributed by atoms with van der Waals surface area (Å²) in [5.41, 5.74) is 8.08. The van der Waals surface area contributed by atoms with E-state index >= 15 is 0 Å². The number of tetrazole rings is 1. The van der Waals surface area contributed by atoms with Crippen molar-refractivity contribution < 1.29 is 4.79 Å². The van der Waals surface area contributed by atoms with Crippen molar-refractivity contribution in [2.45, 2.75) is 47.0 Å². The summed E-state index contributed by atoms with van der Waals surface area (Å²) in [6.07, 6.45) is 3.36. The van der Waals surface area contributed by atoms with Crippen molar-refractivity contribution in [3.63, 3.8) is 0 Å². The fraction of sp³-hybridized carbons (Fsp3) is 0.355. The zero-order valence-electron chi connectivity index (χ0n) is 23.2. The lowest BCUT2D eigenvalue weighted by Crippen LogP contribution is -2.32. The molecular formula is C31H37N7O. The van der Waals surface area contributed by atoms with Gasteiger partial charge in [0.1, 0.15) is 0 Å². The predicted octanol–water partition coefficient (Wildman–Crippen LogP) is 6.78. The van der Waals surface area contributed by atoms with Crippen LogP contribution >= 0.6 is 0 Å². The number of amides is 2. The number of rotatable bonds is 9. The highest BCUT2D eigenvalue weighted by Crippen LogP contribution is 2.36. The zero-order chi connectivity index (χ0) is 27.4. The summed E-state index contributed by atoms with van der Waals surface area (Å²) in [4.78, 5) is 15.7. The van der Waals surface area contributed by atoms with Gasteiger partial charge in [-0.3, -0.25) is 0 Å². The molecule has 1 aliphatic carbocycles. The van der Waals surface area contributed by atoms with Gasteiger partial charge in [-0.1, -0.05) is 64.1 Å². The summed E-state index contributed by atoms with van der Waals surface area (Å²) in [6, 6.07) is 20.2. The molecule has 1 heterocycles. The van der Waals surface area contributed by atoms with E-state index in [0.717, 1.165) is 59.7 Å². The number of carbonyl (C=O) groups excluding carboxylic acids is 1. The molecule has 0 spiro atoms. The van der Waals surface area contributed by atoms with E-state index in [0.29, 0.717) is 17.7 Å². The fourth-order valence-electron chi connectivity index (χ4n) is 5.37. The molecule has 4 aromatic rings. The summed E-state index contributed by atoms with van der Waals surface area (Å²) in [5, 5.41) is 20.9. The van der Waals surface area contributed by atoms with Crippen molar-refractivity contribution in [3.8, 4) is 22.5 Å². The normalized spacial score (nSPS) is 12.6. The molecule has 0 saturated carbocycles. The largest absolute Gasteiger partial charge is 0.369 e. The zero-order valence-corrected chi connectivity index (χ0v) is 23.2. The molecule has 1 aromatic heterocycles. The second-order valence-corrected chi connectivity index (χ2v) is 11.1. The van der Waals surface area contributed by atoms with Crippen LogP contribution in [0.1, 0.15) is 45.2 Å². The van der Waals surface area contributed by atoms with Crippen LogP contribution in [0.15, 0.2) is 60.7 Å². The molecule has 39 heavy (non-hydrogen) atoms. The number of aryl methyl sites for hydroxylation is 2. The topological polar surface area (TPSA) is 98.8 Å². The van der Waals surface area contributed by atoms with Crippen LogP contribution in [0.2, 0.25) is 0 Å². The third-order valence-electron chi connectivity index (χ3n) is 6.94. The number of carbonyl (C=O) groups is 1. The number of H-pyrrole nitrogens is 1. The van der Waals surface area contributed by atoms with Gasteiger partial charge in [-0.15, -0.1) is 10.2 Å². The highest BCUT2D eigenvalue weighted by Gasteiger charge is 2.19. The van der Waals surface area contributed by atoms with Gasteiger partial charge in [-0.25, -0.2) is 4.79 Å². The minimum Gasteiger partial charge on any atom is -0.369 e. The molecule has 2 amide bonds. The highest BCUT2D eigenvalue weighted by molar-refractivity contribution is 6.02. The lowest BCUT2D eigenvalue weighted by Gasteiger charge is -2.31. The van der Waals surface area contributed by atoms with E-state index in [-0.39, 0.29) is 6.03 Å². The summed E-state index contributed by atoms with van der Waals surface area (Å²) in [7, 11) is 0. The Morgan fingerprint density at radius 1 is 0.897 bits per heavy atom. The van der Waals surface area contributed by atoms with Gasteiger partial charge in [-0.05, 0) is 82.8 Å². The van der Waals surface area contributed by atoms with Crippen molar-refractivity contribution in [2.24, 2.45) is 11.8 Å². The molecule has 3 N–H and O–H groups in total. The van der Waals surface area contributed by atoms with E-state index in [1.54, 1.807) is 0 Å². The molecule has 0 fully saturated rings. The lowest BCUT2D eigenvalue weighted by atomic mass is 9.97. The van der Waals surface area contributed by atoms with E-state index in [1.165, 1.54) is 17.5 Å². The van der Waals surface area contributed by atoms with Crippen LogP contribution < -0.4 is 15.5 Å². The Hall–Kier alpha value is -4.20. The third-order valence-corrected chi connectivity index (χ3v) is 6.94. The minimum absolute atomic E-state index is 0.258. The van der Waals surface area contributed by atoms with Gasteiger partial charge < -0.3 is 15.5 Å². The van der Waals surface area contributed by atoms with Gasteiger partial charge in [0, 0.05) is 24.3 Å². The summed E-state index contributed by atoms with van der Waals surface area (Å²) < 4.78 is 0. The Labute approximate surface area is 230 Å². The monoisotopic (exact) mass is 523 g/mol. The van der Waals surface area contributed by atoms with Crippen molar-refractivity contribution in [2.75, 3.05) is 28.6 Å². The van der Waals surface area contributed by atoms with Crippen molar-refractivity contribution in [3.05, 3.63) is 71.8 Å². The van der Waals surface area contributed by atoms with E-state index < -0.39 is 0 Å². The molecule has 0 bridgehead atoms. The molecule has 1 aliphatic rings. The van der Waals surface area contributed by atoms with Crippen LogP contribution in [0.5, 0.6) is 0 Å². The van der Waals surface area contributed by atoms with Crippen LogP contribution in [0.4, 0.5) is 21.9 Å². The van der Waals surface area contributed by atoms with Crippen LogP contribution in [0.3, 0.4) is 0 Å². The Kier molecular flexibility index (Phi) is 7.91. The number of hydrogen-bond donors (Lipinski definition) is 3. The molecule has 8 heteroatoms. The van der Waals surface area contributed by atoms with Crippen LogP contribution in [0, 0.1) is 11.8 Å². The first kappa shape index (κ1) is 26.4. The van der Waals surface area contributed by atoms with Crippen LogP contribution in [-0.2, 0) is 12.8 Å². The maximum atomic E-state index is 13.3. The number of aromatic nitrogens is 4. The first-order chi connectivity index (χ1) is 18.9. The first-order valence-corrected chi connectivity index (χ1v) is 13.8. The van der Waals surface area contributed by atoms with Crippen molar-refractivity contribution >= 4 is 23.1 Å². The van der Waals surface area contributed by atoms with Crippen LogP contribution in [0.25, 0.3) is 22.5 Å². The first-order valence-electron chi connectivity index (χ1n) is 13.8. The quantitative estimate of drug-likeness (QED) is 0.224. The standard InChI is InChI=1S/C31H37N7O/c1-20(2)18-38(19-21(3)4)29-15-13-24(26-10-5-6-11-27(26)30-34-36-37-35-30)17-28(29)33-31(39)32-25-14-12-22-8-7-9-23(22)16-25/h5-6,10-17,20-21H,7-9,18-19H2,1-4H3,(H2,32,33,39)(H,34,35,36,37). The molecule has 0 unspecified atom stereocenters. The Morgan fingerprint density at radius 3 is 2.36 bits per heavy atom. The number of nitrogens with one attached hydrogen (secondary N) is 3. The molecule has 0 atom stereocenters. The van der Waals surface area contributed by atoms with Gasteiger partial charge in [0.15, 0.2) is 0 Å². The SMILES string of the molecule is CC(C)CN(CC(C)C)c1ccc(-c2ccccc2-c2nn[nH]n2)cc1NC(=O)Nc1ccc2c(c1)CCC2. The maximum Gasteiger partial charge on any atom is 0.323 e. The summed E-state index contributed by atoms with van der Waals surface area (Å²) >= 11 is 0. The Balaban J connectivity index is 1.50. The lowest BCUT2D eigenvalue weighted by molar-refractivity contribution is 0.262. The molecule has 0 saturated heterocycles. The van der Waals surface area contributed by atoms with E-state index in [2.05, 4.69) is 88.1 Å². The molecule has 0 aliphatic heterocycles. The molecule has 3 aromatic carbocycles. The highest BCUT2D eigenvalue weighted by atomic mass is 16.2. The summed E-state index contributed by atoms with van der Waals surface area (Å²) in [5.74, 6) is 1.46. The van der Waals surface area contributed by atoms with Crippen molar-refractivity contribution in [1.82, 2.24) is 20.6 Å². The van der Waals surface area contributed by atoms with Gasteiger partial charge >= 0.3 is 6.03 Å². The second-order valence-electron chi connectivity index (χ2n) is 11.1. The van der Waals surface area contributed by atoms with E-state index in [4.69, 9.17) is 0 Å². The number of aromatic amines is 1. The summed E-state index contributed by atoms with van der Waals surface area (Å²) in [6.45, 7) is 10.6. The minimum atomic E-state index is -0.258. The molecule has 202 valence electrons. The smallest absolute Gasteiger partial charge is 0.323 e. The Morgan fingerprint density at radius 2 is 1.64 bits per heavy atom. The maximum absolute atomic E-state index is 13.3. The number of anilines is 3. The number of benzene rings is 3. The number of nitrogens with zero attached hydrogens (tertiary/aromatic N) is 4. The van der Waals surface area contributed by atoms with Gasteiger partial charge in [-0.2, -0.15) is 5.21 Å². The van der Waals surface area contributed by atoms with E-state index in [9.17, 15) is 4.79 Å². The molecule has 8 nitrogen and oxygen atoms in total. The van der Waals surface area contributed by atoms with Gasteiger partial charge in [0.05, 0.1) is 11.4 Å². The van der Waals surface area contributed by atoms with Crippen molar-refractivity contribution in [1.29, 1.82) is 0 Å². The average molecular weight is 524 g/mol. The second kappa shape index (κ2) is 11.7. The van der Waals surface area contributed by atoms with Gasteiger partial charge in [0.2, 0.25) is 5.82 Å². The van der Waals surface area contributed by atoms with Crippen LogP contribution in [-0.4, -0.2) is 39.7 Å². The predicted molar refractivity (Wildman–Crippen MR) is 158 cm³/mol. The molecule has 5 rings (SSSR count). The third kappa shape index (κ3) is 6.28. The molecular weight excluding hydrogens is 486 g/mol. The van der Waals surface area contributed by atoms with E-state index in [1.807, 2.05) is 36.4 Å². The number of urea groups is 1. The molecule has 0 radical (unpaired) electrons. The van der Waals surface area contributed by atoms with Gasteiger partial charge in [0.25, 0.3) is 0 Å². The number of hydrogen-bond acceptors (Lipinski definition) is 5. The number of fused-ring (bicyclic) bond motifs is 1. The average Bonchev–Trinajstić information content (AvgIpc) is 3.60.